The van der Waals surface area contributed by atoms with Gasteiger partial charge in [-0.15, -0.1) is 11.3 Å². The summed E-state index contributed by atoms with van der Waals surface area (Å²) in [5, 5.41) is 7.32. The summed E-state index contributed by atoms with van der Waals surface area (Å²) in [6.07, 6.45) is 0. The van der Waals surface area contributed by atoms with Gasteiger partial charge in [-0.25, -0.2) is 0 Å². The summed E-state index contributed by atoms with van der Waals surface area (Å²) in [6.45, 7) is 0. The van der Waals surface area contributed by atoms with E-state index in [2.05, 4.69) is 169 Å². The van der Waals surface area contributed by atoms with Crippen LogP contribution in [0.5, 0.6) is 0 Å². The molecule has 10 rings (SSSR count). The molecule has 0 fully saturated rings. The molecule has 0 spiro atoms. The van der Waals surface area contributed by atoms with Gasteiger partial charge < -0.3 is 9.32 Å². The minimum absolute atomic E-state index is 0.888. The molecule has 0 aliphatic heterocycles. The van der Waals surface area contributed by atoms with Crippen LogP contribution in [0.4, 0.5) is 17.1 Å². The van der Waals surface area contributed by atoms with E-state index in [1.165, 1.54) is 53.2 Å². The average molecular weight is 644 g/mol. The quantitative estimate of drug-likeness (QED) is 0.186. The van der Waals surface area contributed by atoms with Crippen molar-refractivity contribution in [2.45, 2.75) is 0 Å². The van der Waals surface area contributed by atoms with Crippen LogP contribution in [0, 0.1) is 0 Å². The Labute approximate surface area is 287 Å². The molecule has 0 atom stereocenters. The molecule has 2 nitrogen and oxygen atoms in total. The number of hydrogen-bond donors (Lipinski definition) is 0. The average Bonchev–Trinajstić information content (AvgIpc) is 3.74. The van der Waals surface area contributed by atoms with Gasteiger partial charge in [0.1, 0.15) is 11.2 Å². The van der Waals surface area contributed by atoms with Crippen LogP contribution in [-0.2, 0) is 0 Å². The molecule has 230 valence electrons. The van der Waals surface area contributed by atoms with Gasteiger partial charge in [0.2, 0.25) is 0 Å². The fourth-order valence-electron chi connectivity index (χ4n) is 7.35. The summed E-state index contributed by atoms with van der Waals surface area (Å²) < 4.78 is 8.85. The van der Waals surface area contributed by atoms with Gasteiger partial charge in [0.25, 0.3) is 0 Å². The van der Waals surface area contributed by atoms with Crippen LogP contribution >= 0.6 is 11.3 Å². The molecule has 2 aromatic heterocycles. The van der Waals surface area contributed by atoms with E-state index in [1.807, 2.05) is 23.5 Å². The van der Waals surface area contributed by atoms with E-state index in [1.54, 1.807) is 0 Å². The Morgan fingerprint density at radius 3 is 2.00 bits per heavy atom. The molecule has 0 saturated carbocycles. The van der Waals surface area contributed by atoms with E-state index in [0.29, 0.717) is 0 Å². The van der Waals surface area contributed by atoms with Gasteiger partial charge in [0.05, 0.1) is 5.69 Å². The van der Waals surface area contributed by atoms with Crippen LogP contribution in [0.25, 0.3) is 75.1 Å². The second kappa shape index (κ2) is 11.2. The zero-order valence-corrected chi connectivity index (χ0v) is 27.3. The number of para-hydroxylation sites is 2. The molecule has 0 radical (unpaired) electrons. The number of rotatable bonds is 5. The SMILES string of the molecule is c1ccc(N(c2ccc(-c3ccc4ccccc4c3)cc2)c2ccc3oc4ccccc4c3c2)c(-c2cccc3sc4ccccc4c23)c1. The second-order valence-corrected chi connectivity index (χ2v) is 13.6. The summed E-state index contributed by atoms with van der Waals surface area (Å²) in [4.78, 5) is 2.40. The molecule has 10 aromatic rings. The Kier molecular flexibility index (Phi) is 6.39. The van der Waals surface area contributed by atoms with Crippen molar-refractivity contribution in [2.75, 3.05) is 4.90 Å². The van der Waals surface area contributed by atoms with Crippen molar-refractivity contribution < 1.29 is 4.42 Å². The molecule has 0 saturated heterocycles. The Bertz CT molecular complexity index is 2840. The van der Waals surface area contributed by atoms with E-state index in [9.17, 15) is 0 Å². The summed E-state index contributed by atoms with van der Waals surface area (Å²) >= 11 is 1.86. The Morgan fingerprint density at radius 2 is 1.08 bits per heavy atom. The van der Waals surface area contributed by atoms with Gasteiger partial charge in [0, 0.05) is 47.9 Å². The standard InChI is InChI=1S/C46H29NOS/c1-2-11-32-28-33(21-20-30(32)10-1)31-22-24-34(25-23-31)47(35-26-27-43-40(29-35)37-13-4-7-17-42(37)48-43)41-16-6-3-12-36(41)38-15-9-19-45-46(38)39-14-5-8-18-44(39)49-45/h1-29H. The van der Waals surface area contributed by atoms with E-state index in [-0.39, 0.29) is 0 Å². The van der Waals surface area contributed by atoms with Crippen LogP contribution in [0.3, 0.4) is 0 Å². The van der Waals surface area contributed by atoms with Gasteiger partial charge in [-0.05, 0) is 88.1 Å². The molecular formula is C46H29NOS. The van der Waals surface area contributed by atoms with Crippen molar-refractivity contribution in [1.82, 2.24) is 0 Å². The highest BCUT2D eigenvalue weighted by atomic mass is 32.1. The smallest absolute Gasteiger partial charge is 0.135 e. The summed E-state index contributed by atoms with van der Waals surface area (Å²) in [6, 6.07) is 63.3. The maximum absolute atomic E-state index is 6.25. The summed E-state index contributed by atoms with van der Waals surface area (Å²) in [5.74, 6) is 0. The highest BCUT2D eigenvalue weighted by Crippen LogP contribution is 2.47. The predicted molar refractivity (Wildman–Crippen MR) is 210 cm³/mol. The third kappa shape index (κ3) is 4.62. The topological polar surface area (TPSA) is 16.4 Å². The predicted octanol–water partition coefficient (Wildman–Crippen LogP) is 13.9. The highest BCUT2D eigenvalue weighted by molar-refractivity contribution is 7.25. The van der Waals surface area contributed by atoms with Crippen molar-refractivity contribution >= 4 is 81.3 Å². The minimum atomic E-state index is 0.888. The molecule has 0 bridgehead atoms. The van der Waals surface area contributed by atoms with Crippen molar-refractivity contribution in [3.63, 3.8) is 0 Å². The number of thiophene rings is 1. The number of hydrogen-bond acceptors (Lipinski definition) is 3. The summed E-state index contributed by atoms with van der Waals surface area (Å²) in [7, 11) is 0. The van der Waals surface area contributed by atoms with Gasteiger partial charge in [-0.3, -0.25) is 0 Å². The molecule has 0 aliphatic carbocycles. The normalized spacial score (nSPS) is 11.7. The fourth-order valence-corrected chi connectivity index (χ4v) is 8.48. The van der Waals surface area contributed by atoms with Gasteiger partial charge in [0.15, 0.2) is 0 Å². The number of fused-ring (bicyclic) bond motifs is 7. The van der Waals surface area contributed by atoms with Crippen LogP contribution in [-0.4, -0.2) is 0 Å². The molecule has 0 aliphatic rings. The van der Waals surface area contributed by atoms with Gasteiger partial charge >= 0.3 is 0 Å². The molecule has 0 N–H and O–H groups in total. The first-order valence-corrected chi connectivity index (χ1v) is 17.4. The molecule has 0 unspecified atom stereocenters. The van der Waals surface area contributed by atoms with E-state index in [4.69, 9.17) is 4.42 Å². The monoisotopic (exact) mass is 643 g/mol. The van der Waals surface area contributed by atoms with Crippen molar-refractivity contribution in [3.8, 4) is 22.3 Å². The van der Waals surface area contributed by atoms with Crippen LogP contribution in [0.2, 0.25) is 0 Å². The Balaban J connectivity index is 1.18. The summed E-state index contributed by atoms with van der Waals surface area (Å²) in [5.41, 5.74) is 9.89. The van der Waals surface area contributed by atoms with Gasteiger partial charge in [-0.1, -0.05) is 115 Å². The third-order valence-electron chi connectivity index (χ3n) is 9.66. The molecule has 2 heterocycles. The Morgan fingerprint density at radius 1 is 0.408 bits per heavy atom. The Hall–Kier alpha value is -6.16. The second-order valence-electron chi connectivity index (χ2n) is 12.5. The third-order valence-corrected chi connectivity index (χ3v) is 10.8. The number of benzene rings is 8. The van der Waals surface area contributed by atoms with Gasteiger partial charge in [-0.2, -0.15) is 0 Å². The number of anilines is 3. The first kappa shape index (κ1) is 27.9. The largest absolute Gasteiger partial charge is 0.456 e. The molecular weight excluding hydrogens is 615 g/mol. The van der Waals surface area contributed by atoms with E-state index >= 15 is 0 Å². The van der Waals surface area contributed by atoms with E-state index < -0.39 is 0 Å². The maximum Gasteiger partial charge on any atom is 0.135 e. The molecule has 0 amide bonds. The lowest BCUT2D eigenvalue weighted by atomic mass is 9.96. The highest BCUT2D eigenvalue weighted by Gasteiger charge is 2.21. The lowest BCUT2D eigenvalue weighted by Crippen LogP contribution is -2.11. The van der Waals surface area contributed by atoms with Crippen LogP contribution in [0.1, 0.15) is 0 Å². The van der Waals surface area contributed by atoms with Crippen molar-refractivity contribution in [1.29, 1.82) is 0 Å². The first-order chi connectivity index (χ1) is 24.3. The van der Waals surface area contributed by atoms with Crippen LogP contribution < -0.4 is 4.90 Å². The zero-order valence-electron chi connectivity index (χ0n) is 26.5. The number of furan rings is 1. The minimum Gasteiger partial charge on any atom is -0.456 e. The zero-order chi connectivity index (χ0) is 32.3. The van der Waals surface area contributed by atoms with E-state index in [0.717, 1.165) is 39.0 Å². The van der Waals surface area contributed by atoms with Crippen molar-refractivity contribution in [2.24, 2.45) is 0 Å². The fraction of sp³-hybridized carbons (Fsp3) is 0. The molecule has 49 heavy (non-hydrogen) atoms. The molecule has 3 heteroatoms. The van der Waals surface area contributed by atoms with Crippen LogP contribution in [0.15, 0.2) is 180 Å². The maximum atomic E-state index is 6.25. The van der Waals surface area contributed by atoms with Crippen molar-refractivity contribution in [3.05, 3.63) is 176 Å². The first-order valence-electron chi connectivity index (χ1n) is 16.6. The lowest BCUT2D eigenvalue weighted by molar-refractivity contribution is 0.669. The molecule has 8 aromatic carbocycles. The lowest BCUT2D eigenvalue weighted by Gasteiger charge is -2.28. The number of nitrogens with zero attached hydrogens (tertiary/aromatic N) is 1.